The normalized spacial score (nSPS) is 18.5. The number of nitrogens with zero attached hydrogens (tertiary/aromatic N) is 2. The molecule has 1 atom stereocenters. The third kappa shape index (κ3) is 2.65. The zero-order valence-corrected chi connectivity index (χ0v) is 13.8. The fourth-order valence-corrected chi connectivity index (χ4v) is 4.30. The van der Waals surface area contributed by atoms with Gasteiger partial charge in [-0.05, 0) is 38.0 Å². The maximum atomic E-state index is 12.7. The van der Waals surface area contributed by atoms with E-state index in [4.69, 9.17) is 9.40 Å². The summed E-state index contributed by atoms with van der Waals surface area (Å²) >= 11 is 1.75. The van der Waals surface area contributed by atoms with Crippen LogP contribution >= 0.6 is 11.3 Å². The van der Waals surface area contributed by atoms with Crippen LogP contribution < -0.4 is 0 Å². The van der Waals surface area contributed by atoms with E-state index < -0.39 is 0 Å². The second-order valence-corrected chi connectivity index (χ2v) is 7.06. The van der Waals surface area contributed by atoms with E-state index in [2.05, 4.69) is 12.1 Å². The van der Waals surface area contributed by atoms with E-state index in [-0.39, 0.29) is 5.91 Å². The van der Waals surface area contributed by atoms with Gasteiger partial charge in [0.25, 0.3) is 5.91 Å². The van der Waals surface area contributed by atoms with Gasteiger partial charge >= 0.3 is 0 Å². The minimum absolute atomic E-state index is 0.0714. The standard InChI is InChI=1S/C18H18N2O2S/c1-12-14(8-10-22-12)18(21)20-9-4-5-13(11-20)17-19-15-6-2-3-7-16(15)23-17/h2-3,6-8,10,13H,4-5,9,11H2,1H3/t13-/m1/s1. The number of para-hydroxylation sites is 1. The summed E-state index contributed by atoms with van der Waals surface area (Å²) in [6.45, 7) is 3.39. The molecule has 0 unspecified atom stereocenters. The number of rotatable bonds is 2. The molecule has 0 radical (unpaired) electrons. The molecule has 23 heavy (non-hydrogen) atoms. The Morgan fingerprint density at radius 1 is 1.35 bits per heavy atom. The number of furan rings is 1. The number of amides is 1. The van der Waals surface area contributed by atoms with Gasteiger partial charge in [-0.1, -0.05) is 12.1 Å². The average Bonchev–Trinajstić information content (AvgIpc) is 3.20. The Balaban J connectivity index is 1.57. The molecular weight excluding hydrogens is 308 g/mol. The smallest absolute Gasteiger partial charge is 0.257 e. The Hall–Kier alpha value is -2.14. The molecule has 0 N–H and O–H groups in total. The molecular formula is C18H18N2O2S. The first kappa shape index (κ1) is 14.5. The van der Waals surface area contributed by atoms with Crippen LogP contribution in [0, 0.1) is 6.92 Å². The van der Waals surface area contributed by atoms with Crippen LogP contribution in [-0.4, -0.2) is 28.9 Å². The number of piperidine rings is 1. The van der Waals surface area contributed by atoms with E-state index in [1.807, 2.05) is 24.0 Å². The van der Waals surface area contributed by atoms with Crippen LogP contribution in [0.2, 0.25) is 0 Å². The summed E-state index contributed by atoms with van der Waals surface area (Å²) in [5.41, 5.74) is 1.73. The molecule has 0 aliphatic carbocycles. The lowest BCUT2D eigenvalue weighted by Crippen LogP contribution is -2.39. The Morgan fingerprint density at radius 3 is 3.00 bits per heavy atom. The SMILES string of the molecule is Cc1occc1C(=O)N1CCC[C@@H](c2nc3ccccc3s2)C1. The zero-order chi connectivity index (χ0) is 15.8. The topological polar surface area (TPSA) is 46.3 Å². The highest BCUT2D eigenvalue weighted by Gasteiger charge is 2.28. The highest BCUT2D eigenvalue weighted by Crippen LogP contribution is 2.33. The highest BCUT2D eigenvalue weighted by molar-refractivity contribution is 7.18. The van der Waals surface area contributed by atoms with Gasteiger partial charge in [-0.15, -0.1) is 11.3 Å². The van der Waals surface area contributed by atoms with Gasteiger partial charge in [0.15, 0.2) is 0 Å². The number of aromatic nitrogens is 1. The number of carbonyl (C=O) groups is 1. The molecule has 0 saturated carbocycles. The number of fused-ring (bicyclic) bond motifs is 1. The van der Waals surface area contributed by atoms with Gasteiger partial charge in [-0.25, -0.2) is 4.98 Å². The third-order valence-electron chi connectivity index (χ3n) is 4.46. The third-order valence-corrected chi connectivity index (χ3v) is 5.66. The van der Waals surface area contributed by atoms with Gasteiger partial charge in [0.2, 0.25) is 0 Å². The molecule has 4 nitrogen and oxygen atoms in total. The molecule has 118 valence electrons. The maximum absolute atomic E-state index is 12.7. The van der Waals surface area contributed by atoms with Crippen LogP contribution in [0.1, 0.15) is 39.9 Å². The number of benzene rings is 1. The lowest BCUT2D eigenvalue weighted by molar-refractivity contribution is 0.0705. The van der Waals surface area contributed by atoms with E-state index in [0.717, 1.165) is 36.5 Å². The minimum atomic E-state index is 0.0714. The van der Waals surface area contributed by atoms with Gasteiger partial charge in [0.1, 0.15) is 5.76 Å². The minimum Gasteiger partial charge on any atom is -0.469 e. The van der Waals surface area contributed by atoms with Crippen molar-refractivity contribution in [3.63, 3.8) is 0 Å². The van der Waals surface area contributed by atoms with E-state index >= 15 is 0 Å². The Labute approximate surface area is 138 Å². The molecule has 3 aromatic rings. The van der Waals surface area contributed by atoms with Crippen molar-refractivity contribution >= 4 is 27.5 Å². The largest absolute Gasteiger partial charge is 0.469 e. The molecule has 3 heterocycles. The lowest BCUT2D eigenvalue weighted by atomic mass is 9.98. The predicted octanol–water partition coefficient (Wildman–Crippen LogP) is 4.22. The first-order valence-electron chi connectivity index (χ1n) is 7.91. The molecule has 1 amide bonds. The number of likely N-dealkylation sites (tertiary alicyclic amines) is 1. The summed E-state index contributed by atoms with van der Waals surface area (Å²) in [5.74, 6) is 1.09. The van der Waals surface area contributed by atoms with E-state index in [1.165, 1.54) is 4.70 Å². The van der Waals surface area contributed by atoms with E-state index in [9.17, 15) is 4.79 Å². The van der Waals surface area contributed by atoms with Gasteiger partial charge < -0.3 is 9.32 Å². The first-order chi connectivity index (χ1) is 11.2. The molecule has 1 fully saturated rings. The lowest BCUT2D eigenvalue weighted by Gasteiger charge is -2.31. The average molecular weight is 326 g/mol. The Morgan fingerprint density at radius 2 is 2.22 bits per heavy atom. The van der Waals surface area contributed by atoms with E-state index in [1.54, 1.807) is 23.7 Å². The van der Waals surface area contributed by atoms with Crippen LogP contribution in [0.3, 0.4) is 0 Å². The van der Waals surface area contributed by atoms with Crippen LogP contribution in [0.15, 0.2) is 41.0 Å². The van der Waals surface area contributed by atoms with Crippen LogP contribution in [0.5, 0.6) is 0 Å². The predicted molar refractivity (Wildman–Crippen MR) is 90.9 cm³/mol. The van der Waals surface area contributed by atoms with Crippen molar-refractivity contribution in [2.24, 2.45) is 0 Å². The highest BCUT2D eigenvalue weighted by atomic mass is 32.1. The van der Waals surface area contributed by atoms with Crippen molar-refractivity contribution in [2.45, 2.75) is 25.7 Å². The van der Waals surface area contributed by atoms with Crippen LogP contribution in [0.4, 0.5) is 0 Å². The van der Waals surface area contributed by atoms with Crippen molar-refractivity contribution in [1.29, 1.82) is 0 Å². The zero-order valence-electron chi connectivity index (χ0n) is 13.0. The fourth-order valence-electron chi connectivity index (χ4n) is 3.21. The van der Waals surface area contributed by atoms with Crippen molar-refractivity contribution in [2.75, 3.05) is 13.1 Å². The molecule has 2 aromatic heterocycles. The number of hydrogen-bond donors (Lipinski definition) is 0. The molecule has 1 aromatic carbocycles. The molecule has 0 bridgehead atoms. The summed E-state index contributed by atoms with van der Waals surface area (Å²) in [7, 11) is 0. The number of carbonyl (C=O) groups excluding carboxylic acids is 1. The number of hydrogen-bond acceptors (Lipinski definition) is 4. The number of thiazole rings is 1. The second-order valence-electron chi connectivity index (χ2n) is 6.00. The van der Waals surface area contributed by atoms with Gasteiger partial charge in [-0.3, -0.25) is 4.79 Å². The van der Waals surface area contributed by atoms with Crippen molar-refractivity contribution < 1.29 is 9.21 Å². The van der Waals surface area contributed by atoms with Gasteiger partial charge in [-0.2, -0.15) is 0 Å². The van der Waals surface area contributed by atoms with Gasteiger partial charge in [0, 0.05) is 19.0 Å². The number of aryl methyl sites for hydroxylation is 1. The summed E-state index contributed by atoms with van der Waals surface area (Å²) in [4.78, 5) is 19.4. The maximum Gasteiger partial charge on any atom is 0.257 e. The van der Waals surface area contributed by atoms with E-state index in [0.29, 0.717) is 17.2 Å². The Bertz CT molecular complexity index is 818. The first-order valence-corrected chi connectivity index (χ1v) is 8.73. The quantitative estimate of drug-likeness (QED) is 0.708. The summed E-state index contributed by atoms with van der Waals surface area (Å²) < 4.78 is 6.49. The van der Waals surface area contributed by atoms with Crippen LogP contribution in [-0.2, 0) is 0 Å². The van der Waals surface area contributed by atoms with Crippen molar-refractivity contribution in [1.82, 2.24) is 9.88 Å². The van der Waals surface area contributed by atoms with Crippen molar-refractivity contribution in [3.8, 4) is 0 Å². The second kappa shape index (κ2) is 5.81. The molecule has 1 aliphatic rings. The van der Waals surface area contributed by atoms with Crippen molar-refractivity contribution in [3.05, 3.63) is 52.9 Å². The summed E-state index contributed by atoms with van der Waals surface area (Å²) in [5, 5.41) is 1.15. The van der Waals surface area contributed by atoms with Crippen LogP contribution in [0.25, 0.3) is 10.2 Å². The summed E-state index contributed by atoms with van der Waals surface area (Å²) in [6.07, 6.45) is 3.69. The monoisotopic (exact) mass is 326 g/mol. The Kier molecular flexibility index (Phi) is 3.65. The van der Waals surface area contributed by atoms with Gasteiger partial charge in [0.05, 0.1) is 27.1 Å². The summed E-state index contributed by atoms with van der Waals surface area (Å²) in [6, 6.07) is 9.98. The molecule has 4 rings (SSSR count). The molecule has 1 aliphatic heterocycles. The molecule has 1 saturated heterocycles. The fraction of sp³-hybridized carbons (Fsp3) is 0.333. The molecule has 5 heteroatoms. The molecule has 0 spiro atoms.